The molecule has 6 heteroatoms. The van der Waals surface area contributed by atoms with Crippen molar-refractivity contribution in [1.82, 2.24) is 0 Å². The molecule has 0 saturated carbocycles. The van der Waals surface area contributed by atoms with E-state index in [0.29, 0.717) is 9.02 Å². The fraction of sp³-hybridized carbons (Fsp3) is 0.600. The first kappa shape index (κ1) is 14.0. The number of hydrogen-bond donors (Lipinski definition) is 0. The highest BCUT2D eigenvalue weighted by Gasteiger charge is 2.28. The van der Waals surface area contributed by atoms with E-state index in [-0.39, 0.29) is 0 Å². The van der Waals surface area contributed by atoms with E-state index in [0.717, 1.165) is 11.5 Å². The van der Waals surface area contributed by atoms with Crippen LogP contribution in [0.5, 0.6) is 11.5 Å². The van der Waals surface area contributed by atoms with Gasteiger partial charge in [-0.25, -0.2) is 0 Å². The summed E-state index contributed by atoms with van der Waals surface area (Å²) in [5, 5.41) is 0. The Balaban J connectivity index is 3.00. The Morgan fingerprint density at radius 1 is 0.688 bits per heavy atom. The maximum Gasteiger partial charge on any atom is 0.242 e. The summed E-state index contributed by atoms with van der Waals surface area (Å²) in [4.78, 5) is 0. The average Bonchev–Trinajstić information content (AvgIpc) is 2.07. The van der Waals surface area contributed by atoms with Gasteiger partial charge in [-0.2, -0.15) is 0 Å². The summed E-state index contributed by atoms with van der Waals surface area (Å²) in [6.07, 6.45) is 0. The molecule has 0 aromatic heterocycles. The van der Waals surface area contributed by atoms with Crippen molar-refractivity contribution in [2.45, 2.75) is 39.3 Å². The SMILES string of the molecule is C[Si](C)(C)Oc1c(O[Si](C)(C)C)c(=S)c1=S. The standard InChI is InChI=1S/C10H18O2S2Si2/c1-15(2,3)11-7-8(10(14)9(7)13)12-16(4,5)6/h1-6H3. The number of hydrogen-bond acceptors (Lipinski definition) is 4. The molecule has 1 rings (SSSR count). The van der Waals surface area contributed by atoms with Gasteiger partial charge in [-0.1, -0.05) is 24.4 Å². The highest BCUT2D eigenvalue weighted by Crippen LogP contribution is 2.40. The van der Waals surface area contributed by atoms with E-state index in [1.54, 1.807) is 0 Å². The van der Waals surface area contributed by atoms with E-state index in [2.05, 4.69) is 39.3 Å². The second-order valence-electron chi connectivity index (χ2n) is 5.75. The molecule has 90 valence electrons. The van der Waals surface area contributed by atoms with Gasteiger partial charge in [0.25, 0.3) is 0 Å². The van der Waals surface area contributed by atoms with Crippen LogP contribution in [0.2, 0.25) is 39.3 Å². The first-order chi connectivity index (χ1) is 7.01. The highest BCUT2D eigenvalue weighted by molar-refractivity contribution is 7.74. The maximum atomic E-state index is 5.90. The van der Waals surface area contributed by atoms with Crippen LogP contribution in [0, 0.1) is 9.02 Å². The topological polar surface area (TPSA) is 18.5 Å². The van der Waals surface area contributed by atoms with E-state index >= 15 is 0 Å². The van der Waals surface area contributed by atoms with Crippen molar-refractivity contribution < 1.29 is 8.85 Å². The van der Waals surface area contributed by atoms with Gasteiger partial charge >= 0.3 is 0 Å². The van der Waals surface area contributed by atoms with Gasteiger partial charge in [0.2, 0.25) is 16.6 Å². The molecule has 0 unspecified atom stereocenters. The summed E-state index contributed by atoms with van der Waals surface area (Å²) in [6.45, 7) is 12.7. The normalized spacial score (nSPS) is 12.9. The van der Waals surface area contributed by atoms with Gasteiger partial charge in [-0.05, 0) is 39.3 Å². The van der Waals surface area contributed by atoms with Crippen LogP contribution in [0.25, 0.3) is 0 Å². The van der Waals surface area contributed by atoms with Crippen molar-refractivity contribution in [3.05, 3.63) is 9.02 Å². The summed E-state index contributed by atoms with van der Waals surface area (Å²) in [7, 11) is -3.30. The molecule has 0 fully saturated rings. The van der Waals surface area contributed by atoms with Crippen LogP contribution in [0.3, 0.4) is 0 Å². The van der Waals surface area contributed by atoms with Crippen LogP contribution in [0.1, 0.15) is 0 Å². The quantitative estimate of drug-likeness (QED) is 0.602. The third-order valence-corrected chi connectivity index (χ3v) is 4.18. The summed E-state index contributed by atoms with van der Waals surface area (Å²) in [6, 6.07) is 0. The molecule has 2 nitrogen and oxygen atoms in total. The second kappa shape index (κ2) is 4.32. The van der Waals surface area contributed by atoms with E-state index in [1.807, 2.05) is 0 Å². The van der Waals surface area contributed by atoms with Crippen molar-refractivity contribution in [2.24, 2.45) is 0 Å². The largest absolute Gasteiger partial charge is 0.541 e. The fourth-order valence-corrected chi connectivity index (χ4v) is 3.36. The molecule has 16 heavy (non-hydrogen) atoms. The molecule has 0 saturated heterocycles. The third kappa shape index (κ3) is 3.48. The molecule has 0 radical (unpaired) electrons. The van der Waals surface area contributed by atoms with Crippen LogP contribution >= 0.6 is 24.4 Å². The van der Waals surface area contributed by atoms with Gasteiger partial charge in [0.05, 0.1) is 0 Å². The Labute approximate surface area is 110 Å². The molecule has 0 bridgehead atoms. The Morgan fingerprint density at radius 3 is 1.12 bits per heavy atom. The molecule has 1 aromatic carbocycles. The zero-order valence-electron chi connectivity index (χ0n) is 10.6. The second-order valence-corrected chi connectivity index (χ2v) is 15.4. The van der Waals surface area contributed by atoms with E-state index in [1.165, 1.54) is 0 Å². The van der Waals surface area contributed by atoms with Gasteiger partial charge in [-0.3, -0.25) is 0 Å². The van der Waals surface area contributed by atoms with E-state index < -0.39 is 16.6 Å². The molecule has 0 aliphatic rings. The van der Waals surface area contributed by atoms with Crippen LogP contribution in [0.15, 0.2) is 0 Å². The lowest BCUT2D eigenvalue weighted by molar-refractivity contribution is 0.475. The lowest BCUT2D eigenvalue weighted by Gasteiger charge is -2.27. The lowest BCUT2D eigenvalue weighted by atomic mass is 10.3. The smallest absolute Gasteiger partial charge is 0.242 e. The maximum absolute atomic E-state index is 5.90. The predicted molar refractivity (Wildman–Crippen MR) is 78.4 cm³/mol. The molecule has 0 aliphatic carbocycles. The Hall–Kier alpha value is -0.0462. The molecular formula is C10H18O2S2Si2. The van der Waals surface area contributed by atoms with Gasteiger partial charge in [-0.15, -0.1) is 0 Å². The van der Waals surface area contributed by atoms with Crippen molar-refractivity contribution in [2.75, 3.05) is 0 Å². The monoisotopic (exact) mass is 290 g/mol. The minimum Gasteiger partial charge on any atom is -0.541 e. The van der Waals surface area contributed by atoms with Crippen LogP contribution in [-0.4, -0.2) is 16.6 Å². The molecule has 0 amide bonds. The number of rotatable bonds is 4. The fourth-order valence-electron chi connectivity index (χ4n) is 1.15. The Morgan fingerprint density at radius 2 is 0.938 bits per heavy atom. The van der Waals surface area contributed by atoms with Crippen LogP contribution in [-0.2, 0) is 0 Å². The molecular weight excluding hydrogens is 272 g/mol. The Kier molecular flexibility index (Phi) is 3.79. The van der Waals surface area contributed by atoms with Crippen molar-refractivity contribution >= 4 is 41.1 Å². The van der Waals surface area contributed by atoms with E-state index in [4.69, 9.17) is 33.3 Å². The lowest BCUT2D eigenvalue weighted by Crippen LogP contribution is -2.33. The van der Waals surface area contributed by atoms with Crippen LogP contribution < -0.4 is 8.85 Å². The van der Waals surface area contributed by atoms with Gasteiger partial charge in [0, 0.05) is 0 Å². The summed E-state index contributed by atoms with van der Waals surface area (Å²) in [5.74, 6) is 1.45. The minimum atomic E-state index is -1.65. The Bertz CT molecular complexity index is 418. The molecule has 0 aliphatic heterocycles. The first-order valence-corrected chi connectivity index (χ1v) is 12.9. The van der Waals surface area contributed by atoms with Crippen molar-refractivity contribution in [1.29, 1.82) is 0 Å². The predicted octanol–water partition coefficient (Wildman–Crippen LogP) is 4.45. The summed E-state index contributed by atoms with van der Waals surface area (Å²) in [5.41, 5.74) is 0. The zero-order chi connectivity index (χ0) is 12.7. The van der Waals surface area contributed by atoms with Gasteiger partial charge < -0.3 is 8.85 Å². The molecule has 0 atom stereocenters. The third-order valence-electron chi connectivity index (χ3n) is 1.64. The van der Waals surface area contributed by atoms with Crippen molar-refractivity contribution in [3.8, 4) is 11.5 Å². The van der Waals surface area contributed by atoms with Gasteiger partial charge in [0.15, 0.2) is 11.5 Å². The first-order valence-electron chi connectivity index (χ1n) is 5.22. The van der Waals surface area contributed by atoms with Crippen molar-refractivity contribution in [3.63, 3.8) is 0 Å². The van der Waals surface area contributed by atoms with E-state index in [9.17, 15) is 0 Å². The molecule has 1 aromatic rings. The molecule has 0 N–H and O–H groups in total. The van der Waals surface area contributed by atoms with Crippen LogP contribution in [0.4, 0.5) is 0 Å². The molecule has 0 spiro atoms. The molecule has 0 heterocycles. The highest BCUT2D eigenvalue weighted by atomic mass is 32.1. The minimum absolute atomic E-state index is 0.658. The summed E-state index contributed by atoms with van der Waals surface area (Å²) >= 11 is 10.4. The average molecular weight is 291 g/mol. The zero-order valence-corrected chi connectivity index (χ0v) is 14.3. The summed E-state index contributed by atoms with van der Waals surface area (Å²) < 4.78 is 13.1. The van der Waals surface area contributed by atoms with Gasteiger partial charge in [0.1, 0.15) is 9.02 Å².